The van der Waals surface area contributed by atoms with Crippen LogP contribution in [-0.2, 0) is 9.53 Å². The first-order chi connectivity index (χ1) is 8.80. The van der Waals surface area contributed by atoms with Crippen molar-refractivity contribution in [1.82, 2.24) is 0 Å². The smallest absolute Gasteiger partial charge is 0.306 e. The Hall–Kier alpha value is -0.610. The Labute approximate surface area is 114 Å². The molecule has 0 aromatic carbocycles. The molecule has 0 bridgehead atoms. The van der Waals surface area contributed by atoms with Crippen molar-refractivity contribution in [2.75, 3.05) is 0 Å². The second kappa shape index (κ2) is 3.95. The minimum absolute atomic E-state index is 0.159. The first-order valence-corrected chi connectivity index (χ1v) is 7.43. The maximum Gasteiger partial charge on any atom is 0.306 e. The van der Waals surface area contributed by atoms with E-state index in [9.17, 15) is 15.0 Å². The molecule has 2 aliphatic carbocycles. The zero-order chi connectivity index (χ0) is 14.0. The van der Waals surface area contributed by atoms with Crippen LogP contribution in [0.3, 0.4) is 0 Å². The summed E-state index contributed by atoms with van der Waals surface area (Å²) < 4.78 is 5.80. The Morgan fingerprint density at radius 3 is 2.68 bits per heavy atom. The summed E-state index contributed by atoms with van der Waals surface area (Å²) >= 11 is 0. The fourth-order valence-corrected chi connectivity index (χ4v) is 4.78. The second-order valence-electron chi connectivity index (χ2n) is 7.13. The summed E-state index contributed by atoms with van der Waals surface area (Å²) in [6.07, 6.45) is 3.58. The van der Waals surface area contributed by atoms with Crippen molar-refractivity contribution in [2.24, 2.45) is 23.7 Å². The summed E-state index contributed by atoms with van der Waals surface area (Å²) in [6.45, 7) is 5.96. The number of carboxylic acid groups (broad SMARTS) is 1. The molecule has 4 heteroatoms. The van der Waals surface area contributed by atoms with Gasteiger partial charge in [-0.25, -0.2) is 0 Å². The maximum atomic E-state index is 11.3. The van der Waals surface area contributed by atoms with Crippen molar-refractivity contribution in [3.8, 4) is 0 Å². The average molecular weight is 268 g/mol. The average Bonchev–Trinajstić information content (AvgIpc) is 3.02. The molecule has 1 heterocycles. The van der Waals surface area contributed by atoms with E-state index in [2.05, 4.69) is 6.92 Å². The van der Waals surface area contributed by atoms with Gasteiger partial charge >= 0.3 is 5.97 Å². The van der Waals surface area contributed by atoms with Gasteiger partial charge in [-0.15, -0.1) is 0 Å². The van der Waals surface area contributed by atoms with Crippen LogP contribution in [0, 0.1) is 23.7 Å². The summed E-state index contributed by atoms with van der Waals surface area (Å²) in [7, 11) is 0. The van der Waals surface area contributed by atoms with Crippen molar-refractivity contribution >= 4 is 5.97 Å². The molecule has 0 aromatic rings. The molecule has 4 nitrogen and oxygen atoms in total. The molecular formula is C15H24O4. The van der Waals surface area contributed by atoms with E-state index in [1.807, 2.05) is 6.92 Å². The Morgan fingerprint density at radius 1 is 1.37 bits per heavy atom. The van der Waals surface area contributed by atoms with E-state index < -0.39 is 17.5 Å². The molecule has 0 radical (unpaired) electrons. The maximum absolute atomic E-state index is 11.3. The molecule has 108 valence electrons. The molecule has 7 unspecified atom stereocenters. The largest absolute Gasteiger partial charge is 0.481 e. The van der Waals surface area contributed by atoms with Gasteiger partial charge in [-0.2, -0.15) is 0 Å². The van der Waals surface area contributed by atoms with Crippen LogP contribution in [0.1, 0.15) is 46.5 Å². The first-order valence-electron chi connectivity index (χ1n) is 7.43. The highest BCUT2D eigenvalue weighted by molar-refractivity contribution is 5.70. The normalized spacial score (nSPS) is 53.9. The molecule has 7 atom stereocenters. The summed E-state index contributed by atoms with van der Waals surface area (Å²) in [5.41, 5.74) is -1.15. The highest BCUT2D eigenvalue weighted by Gasteiger charge is 2.72. The molecule has 0 amide bonds. The van der Waals surface area contributed by atoms with Crippen LogP contribution in [0.15, 0.2) is 0 Å². The van der Waals surface area contributed by atoms with Crippen LogP contribution in [-0.4, -0.2) is 33.5 Å². The fourth-order valence-electron chi connectivity index (χ4n) is 4.78. The third-order valence-corrected chi connectivity index (χ3v) is 6.06. The first kappa shape index (κ1) is 13.4. The standard InChI is InChI=1S/C15H24O4/c1-8-4-5-11(9(2)12(16)17)15(18)10(8)6-7-14(3)13(15)19-14/h8-11,13,18H,4-7H2,1-3H3,(H,16,17). The lowest BCUT2D eigenvalue weighted by molar-refractivity contribution is -0.170. The highest BCUT2D eigenvalue weighted by Crippen LogP contribution is 2.62. The van der Waals surface area contributed by atoms with Crippen molar-refractivity contribution in [3.63, 3.8) is 0 Å². The predicted molar refractivity (Wildman–Crippen MR) is 69.6 cm³/mol. The van der Waals surface area contributed by atoms with E-state index in [0.29, 0.717) is 5.92 Å². The number of fused-ring (bicyclic) bond motifs is 3. The zero-order valence-electron chi connectivity index (χ0n) is 11.9. The minimum atomic E-state index is -0.942. The van der Waals surface area contributed by atoms with E-state index in [0.717, 1.165) is 25.7 Å². The Kier molecular flexibility index (Phi) is 2.78. The number of epoxide rings is 1. The third kappa shape index (κ3) is 1.69. The van der Waals surface area contributed by atoms with Gasteiger partial charge in [0.25, 0.3) is 0 Å². The zero-order valence-corrected chi connectivity index (χ0v) is 11.9. The van der Waals surface area contributed by atoms with Crippen LogP contribution in [0.2, 0.25) is 0 Å². The summed E-state index contributed by atoms with van der Waals surface area (Å²) in [4.78, 5) is 11.3. The van der Waals surface area contributed by atoms with Crippen molar-refractivity contribution in [2.45, 2.75) is 63.8 Å². The SMILES string of the molecule is CC1CCC(C(C)C(=O)O)C2(O)C1CCC1(C)OC12. The molecular weight excluding hydrogens is 244 g/mol. The molecule has 0 spiro atoms. The van der Waals surface area contributed by atoms with Gasteiger partial charge in [0.2, 0.25) is 0 Å². The molecule has 3 aliphatic rings. The van der Waals surface area contributed by atoms with Gasteiger partial charge in [-0.05, 0) is 44.4 Å². The number of carboxylic acids is 1. The molecule has 2 saturated carbocycles. The van der Waals surface area contributed by atoms with Crippen LogP contribution >= 0.6 is 0 Å². The highest BCUT2D eigenvalue weighted by atomic mass is 16.6. The van der Waals surface area contributed by atoms with Crippen molar-refractivity contribution in [1.29, 1.82) is 0 Å². The van der Waals surface area contributed by atoms with Crippen molar-refractivity contribution in [3.05, 3.63) is 0 Å². The molecule has 19 heavy (non-hydrogen) atoms. The van der Waals surface area contributed by atoms with E-state index in [-0.39, 0.29) is 23.5 Å². The third-order valence-electron chi connectivity index (χ3n) is 6.06. The molecule has 2 N–H and O–H groups in total. The predicted octanol–water partition coefficient (Wildman–Crippen LogP) is 2.05. The monoisotopic (exact) mass is 268 g/mol. The summed E-state index contributed by atoms with van der Waals surface area (Å²) in [5, 5.41) is 20.6. The second-order valence-corrected chi connectivity index (χ2v) is 7.13. The lowest BCUT2D eigenvalue weighted by Gasteiger charge is -2.52. The van der Waals surface area contributed by atoms with Gasteiger partial charge in [-0.1, -0.05) is 13.8 Å². The van der Waals surface area contributed by atoms with Crippen LogP contribution < -0.4 is 0 Å². The van der Waals surface area contributed by atoms with Gasteiger partial charge in [0.05, 0.1) is 11.5 Å². The molecule has 1 aliphatic heterocycles. The molecule has 1 saturated heterocycles. The van der Waals surface area contributed by atoms with Crippen LogP contribution in [0.5, 0.6) is 0 Å². The van der Waals surface area contributed by atoms with E-state index in [1.54, 1.807) is 6.92 Å². The quantitative estimate of drug-likeness (QED) is 0.752. The summed E-state index contributed by atoms with van der Waals surface area (Å²) in [6, 6.07) is 0. The Morgan fingerprint density at radius 2 is 2.05 bits per heavy atom. The van der Waals surface area contributed by atoms with Gasteiger partial charge < -0.3 is 14.9 Å². The van der Waals surface area contributed by atoms with Gasteiger partial charge in [-0.3, -0.25) is 4.79 Å². The number of ether oxygens (including phenoxy) is 1. The number of hydrogen-bond acceptors (Lipinski definition) is 3. The molecule has 3 fully saturated rings. The number of aliphatic carboxylic acids is 1. The van der Waals surface area contributed by atoms with E-state index in [1.165, 1.54) is 0 Å². The van der Waals surface area contributed by atoms with Crippen LogP contribution in [0.4, 0.5) is 0 Å². The number of rotatable bonds is 2. The fraction of sp³-hybridized carbons (Fsp3) is 0.933. The summed E-state index contributed by atoms with van der Waals surface area (Å²) in [5.74, 6) is -0.853. The molecule has 3 rings (SSSR count). The number of aliphatic hydroxyl groups is 1. The van der Waals surface area contributed by atoms with E-state index in [4.69, 9.17) is 4.74 Å². The lowest BCUT2D eigenvalue weighted by atomic mass is 9.54. The topological polar surface area (TPSA) is 70.1 Å². The van der Waals surface area contributed by atoms with Gasteiger partial charge in [0, 0.05) is 5.92 Å². The Balaban J connectivity index is 1.96. The Bertz CT molecular complexity index is 409. The number of hydrogen-bond donors (Lipinski definition) is 2. The lowest BCUT2D eigenvalue weighted by Crippen LogP contribution is -2.60. The van der Waals surface area contributed by atoms with Crippen molar-refractivity contribution < 1.29 is 19.7 Å². The van der Waals surface area contributed by atoms with E-state index >= 15 is 0 Å². The van der Waals surface area contributed by atoms with Crippen LogP contribution in [0.25, 0.3) is 0 Å². The minimum Gasteiger partial charge on any atom is -0.481 e. The number of carbonyl (C=O) groups is 1. The van der Waals surface area contributed by atoms with Gasteiger partial charge in [0.15, 0.2) is 0 Å². The molecule has 0 aromatic heterocycles. The van der Waals surface area contributed by atoms with Gasteiger partial charge in [0.1, 0.15) is 11.7 Å².